The van der Waals surface area contributed by atoms with Gasteiger partial charge in [-0.15, -0.1) is 0 Å². The van der Waals surface area contributed by atoms with Gasteiger partial charge in [0, 0.05) is 32.7 Å². The topological polar surface area (TPSA) is 51.2 Å². The Balaban J connectivity index is 1.11. The number of ether oxygens (including phenoxy) is 3. The van der Waals surface area contributed by atoms with E-state index in [2.05, 4.69) is 89.8 Å². The number of carbonyl (C=O) groups is 1. The zero-order valence-electron chi connectivity index (χ0n) is 27.2. The molecule has 2 aliphatic rings. The van der Waals surface area contributed by atoms with Crippen LogP contribution in [0.1, 0.15) is 55.0 Å². The van der Waals surface area contributed by atoms with Crippen LogP contribution in [0.5, 0.6) is 11.5 Å². The summed E-state index contributed by atoms with van der Waals surface area (Å²) in [5, 5.41) is 0. The molecule has 0 radical (unpaired) electrons. The molecule has 6 rings (SSSR count). The summed E-state index contributed by atoms with van der Waals surface area (Å²) in [5.74, 6) is 1.76. The predicted octanol–water partition coefficient (Wildman–Crippen LogP) is 8.10. The van der Waals surface area contributed by atoms with Gasteiger partial charge in [-0.05, 0) is 96.8 Å². The molecule has 1 amide bonds. The van der Waals surface area contributed by atoms with Crippen molar-refractivity contribution < 1.29 is 19.0 Å². The van der Waals surface area contributed by atoms with Crippen LogP contribution in [-0.2, 0) is 17.8 Å². The molecule has 0 saturated carbocycles. The number of nitrogens with zero attached hydrogens (tertiary/aromatic N) is 2. The number of benzene rings is 4. The minimum atomic E-state index is -0.473. The second-order valence-electron chi connectivity index (χ2n) is 13.0. The molecule has 0 N–H and O–H groups in total. The third-order valence-electron chi connectivity index (χ3n) is 8.51. The van der Waals surface area contributed by atoms with E-state index in [1.807, 2.05) is 39.0 Å². The molecule has 0 atom stereocenters. The molecule has 0 aromatic heterocycles. The van der Waals surface area contributed by atoms with Gasteiger partial charge >= 0.3 is 6.09 Å². The summed E-state index contributed by atoms with van der Waals surface area (Å²) in [7, 11) is 0. The predicted molar refractivity (Wildman–Crippen MR) is 184 cm³/mol. The van der Waals surface area contributed by atoms with Gasteiger partial charge in [0.05, 0.1) is 0 Å². The van der Waals surface area contributed by atoms with Crippen LogP contribution in [-0.4, -0.2) is 60.8 Å². The van der Waals surface area contributed by atoms with E-state index in [-0.39, 0.29) is 6.09 Å². The second kappa shape index (κ2) is 14.3. The standard InChI is InChI=1S/C40H44N2O4/c1-40(2,3)46-39(43)42-24-22-41(23-25-42)26-27-44-34-17-14-32(15-18-34)38-36(31-12-8-5-9-13-31)20-16-33-28-35(19-21-37(33)38)45-29-30-10-6-4-7-11-30/h4-15,17-19,21,28H,16,20,22-27,29H2,1-3H3. The van der Waals surface area contributed by atoms with E-state index in [1.165, 1.54) is 33.4 Å². The normalized spacial score (nSPS) is 15.3. The van der Waals surface area contributed by atoms with Gasteiger partial charge in [0.25, 0.3) is 0 Å². The van der Waals surface area contributed by atoms with Crippen LogP contribution in [0.25, 0.3) is 11.1 Å². The first kappa shape index (κ1) is 31.4. The van der Waals surface area contributed by atoms with Gasteiger partial charge in [0.15, 0.2) is 0 Å². The van der Waals surface area contributed by atoms with Crippen LogP contribution in [0, 0.1) is 0 Å². The number of rotatable bonds is 9. The number of aryl methyl sites for hydroxylation is 1. The second-order valence-corrected chi connectivity index (χ2v) is 13.0. The number of amides is 1. The van der Waals surface area contributed by atoms with E-state index >= 15 is 0 Å². The van der Waals surface area contributed by atoms with Crippen LogP contribution >= 0.6 is 0 Å². The summed E-state index contributed by atoms with van der Waals surface area (Å²) in [6, 6.07) is 36.1. The molecule has 46 heavy (non-hydrogen) atoms. The Kier molecular flexibility index (Phi) is 9.74. The molecule has 0 spiro atoms. The third kappa shape index (κ3) is 7.99. The summed E-state index contributed by atoms with van der Waals surface area (Å²) < 4.78 is 17.9. The monoisotopic (exact) mass is 616 g/mol. The molecule has 1 aliphatic carbocycles. The van der Waals surface area contributed by atoms with Crippen LogP contribution in [0.3, 0.4) is 0 Å². The number of piperazine rings is 1. The molecule has 4 aromatic rings. The van der Waals surface area contributed by atoms with E-state index in [1.54, 1.807) is 4.90 Å². The van der Waals surface area contributed by atoms with Gasteiger partial charge in [-0.3, -0.25) is 4.90 Å². The summed E-state index contributed by atoms with van der Waals surface area (Å²) in [4.78, 5) is 16.5. The highest BCUT2D eigenvalue weighted by atomic mass is 16.6. The summed E-state index contributed by atoms with van der Waals surface area (Å²) >= 11 is 0. The Morgan fingerprint density at radius 2 is 1.39 bits per heavy atom. The molecule has 1 saturated heterocycles. The fraction of sp³-hybridized carbons (Fsp3) is 0.325. The molecule has 4 aromatic carbocycles. The van der Waals surface area contributed by atoms with E-state index in [0.29, 0.717) is 26.3 Å². The van der Waals surface area contributed by atoms with Crippen molar-refractivity contribution in [3.05, 3.63) is 131 Å². The highest BCUT2D eigenvalue weighted by molar-refractivity contribution is 6.00. The van der Waals surface area contributed by atoms with Crippen LogP contribution in [0.2, 0.25) is 0 Å². The number of fused-ring (bicyclic) bond motifs is 1. The third-order valence-corrected chi connectivity index (χ3v) is 8.51. The van der Waals surface area contributed by atoms with Crippen molar-refractivity contribution in [1.29, 1.82) is 0 Å². The molecule has 6 nitrogen and oxygen atoms in total. The lowest BCUT2D eigenvalue weighted by Crippen LogP contribution is -2.50. The molecule has 6 heteroatoms. The Morgan fingerprint density at radius 1 is 0.717 bits per heavy atom. The van der Waals surface area contributed by atoms with Crippen molar-refractivity contribution in [1.82, 2.24) is 9.80 Å². The summed E-state index contributed by atoms with van der Waals surface area (Å²) in [6.45, 7) is 10.6. The number of hydrogen-bond acceptors (Lipinski definition) is 5. The average molecular weight is 617 g/mol. The molecule has 1 aliphatic heterocycles. The molecule has 1 fully saturated rings. The van der Waals surface area contributed by atoms with Crippen molar-refractivity contribution in [2.45, 2.75) is 45.8 Å². The van der Waals surface area contributed by atoms with E-state index in [0.717, 1.165) is 49.5 Å². The van der Waals surface area contributed by atoms with Crippen molar-refractivity contribution >= 4 is 17.2 Å². The van der Waals surface area contributed by atoms with Gasteiger partial charge < -0.3 is 19.1 Å². The minimum Gasteiger partial charge on any atom is -0.492 e. The number of carbonyl (C=O) groups excluding carboxylic acids is 1. The first-order chi connectivity index (χ1) is 22.3. The maximum atomic E-state index is 12.4. The SMILES string of the molecule is CC(C)(C)OC(=O)N1CCN(CCOc2ccc(C3=C(c4ccccc4)CCc4cc(OCc5ccccc5)ccc43)cc2)CC1. The first-order valence-electron chi connectivity index (χ1n) is 16.3. The Labute approximate surface area is 273 Å². The quantitative estimate of drug-likeness (QED) is 0.190. The van der Waals surface area contributed by atoms with E-state index < -0.39 is 5.60 Å². The smallest absolute Gasteiger partial charge is 0.410 e. The minimum absolute atomic E-state index is 0.230. The van der Waals surface area contributed by atoms with Gasteiger partial charge in [-0.25, -0.2) is 4.79 Å². The molecular formula is C40H44N2O4. The molecular weight excluding hydrogens is 572 g/mol. The Morgan fingerprint density at radius 3 is 2.09 bits per heavy atom. The van der Waals surface area contributed by atoms with Crippen molar-refractivity contribution in [2.75, 3.05) is 39.3 Å². The van der Waals surface area contributed by atoms with Crippen molar-refractivity contribution in [3.63, 3.8) is 0 Å². The number of allylic oxidation sites excluding steroid dienone is 1. The van der Waals surface area contributed by atoms with Crippen molar-refractivity contribution in [3.8, 4) is 11.5 Å². The first-order valence-corrected chi connectivity index (χ1v) is 16.3. The van der Waals surface area contributed by atoms with Gasteiger partial charge in [-0.1, -0.05) is 78.9 Å². The maximum absolute atomic E-state index is 12.4. The fourth-order valence-corrected chi connectivity index (χ4v) is 6.15. The lowest BCUT2D eigenvalue weighted by atomic mass is 9.79. The Hall–Kier alpha value is -4.55. The largest absolute Gasteiger partial charge is 0.492 e. The van der Waals surface area contributed by atoms with Crippen LogP contribution in [0.4, 0.5) is 4.79 Å². The van der Waals surface area contributed by atoms with Gasteiger partial charge in [-0.2, -0.15) is 0 Å². The lowest BCUT2D eigenvalue weighted by Gasteiger charge is -2.35. The van der Waals surface area contributed by atoms with E-state index in [4.69, 9.17) is 14.2 Å². The molecule has 1 heterocycles. The van der Waals surface area contributed by atoms with Crippen molar-refractivity contribution in [2.24, 2.45) is 0 Å². The van der Waals surface area contributed by atoms with Gasteiger partial charge in [0.1, 0.15) is 30.3 Å². The molecule has 0 unspecified atom stereocenters. The average Bonchev–Trinajstić information content (AvgIpc) is 3.07. The van der Waals surface area contributed by atoms with Crippen LogP contribution in [0.15, 0.2) is 103 Å². The summed E-state index contributed by atoms with van der Waals surface area (Å²) in [6.07, 6.45) is 1.71. The molecule has 0 bridgehead atoms. The summed E-state index contributed by atoms with van der Waals surface area (Å²) in [5.41, 5.74) is 8.35. The fourth-order valence-electron chi connectivity index (χ4n) is 6.15. The highest BCUT2D eigenvalue weighted by Gasteiger charge is 2.26. The lowest BCUT2D eigenvalue weighted by molar-refractivity contribution is 0.0137. The zero-order chi connectivity index (χ0) is 31.9. The number of hydrogen-bond donors (Lipinski definition) is 0. The van der Waals surface area contributed by atoms with E-state index in [9.17, 15) is 4.79 Å². The Bertz CT molecular complexity index is 1630. The molecule has 238 valence electrons. The zero-order valence-corrected chi connectivity index (χ0v) is 27.2. The van der Waals surface area contributed by atoms with Crippen LogP contribution < -0.4 is 9.47 Å². The maximum Gasteiger partial charge on any atom is 0.410 e. The van der Waals surface area contributed by atoms with Gasteiger partial charge in [0.2, 0.25) is 0 Å². The highest BCUT2D eigenvalue weighted by Crippen LogP contribution is 2.42.